The molecule has 0 aromatic rings. The first kappa shape index (κ1) is 26.6. The van der Waals surface area contributed by atoms with Gasteiger partial charge >= 0.3 is 11.5 Å². The molecule has 166 valence electrons. The van der Waals surface area contributed by atoms with Crippen LogP contribution in [0.15, 0.2) is 12.2 Å². The summed E-state index contributed by atoms with van der Waals surface area (Å²) in [5.74, 6) is -10.2. The highest BCUT2D eigenvalue weighted by atomic mass is 32.3. The molecule has 1 unspecified atom stereocenters. The zero-order valence-corrected chi connectivity index (χ0v) is 16.2. The van der Waals surface area contributed by atoms with Gasteiger partial charge in [-0.25, -0.2) is 39.2 Å². The second-order valence-electron chi connectivity index (χ2n) is 6.01. The number of alkyl halides is 7. The second kappa shape index (κ2) is 8.55. The Labute approximate surface area is 156 Å². The Hall–Kier alpha value is -1.38. The summed E-state index contributed by atoms with van der Waals surface area (Å²) in [7, 11) is -11.9. The fourth-order valence-electron chi connectivity index (χ4n) is 1.84. The first-order valence-electron chi connectivity index (χ1n) is 7.20. The first-order chi connectivity index (χ1) is 12.1. The lowest BCUT2D eigenvalue weighted by molar-refractivity contribution is -0.145. The molecule has 0 radical (unpaired) electrons. The zero-order valence-electron chi connectivity index (χ0n) is 14.5. The Morgan fingerprint density at radius 1 is 1.00 bits per heavy atom. The lowest BCUT2D eigenvalue weighted by Gasteiger charge is -2.26. The van der Waals surface area contributed by atoms with E-state index in [0.29, 0.717) is 0 Å². The van der Waals surface area contributed by atoms with Crippen LogP contribution in [0.3, 0.4) is 0 Å². The summed E-state index contributed by atoms with van der Waals surface area (Å²) in [5, 5.41) is 0. The van der Waals surface area contributed by atoms with Gasteiger partial charge in [-0.1, -0.05) is 6.58 Å². The zero-order chi connectivity index (χ0) is 22.8. The molecule has 15 heteroatoms. The number of ether oxygens (including phenoxy) is 1. The summed E-state index contributed by atoms with van der Waals surface area (Å²) in [6.07, 6.45) is -6.47. The molecule has 0 amide bonds. The molecular weight excluding hydrogens is 449 g/mol. The SMILES string of the molecule is C=C(C)C(=O)OCCC(F)(F)CC(F)(F)CC(S(C)(=O)=O)S(=O)(=O)C(F)(F)F. The van der Waals surface area contributed by atoms with Crippen molar-refractivity contribution in [2.75, 3.05) is 12.9 Å². The van der Waals surface area contributed by atoms with Crippen LogP contribution in [0.5, 0.6) is 0 Å². The van der Waals surface area contributed by atoms with Crippen molar-refractivity contribution in [3.8, 4) is 0 Å². The molecule has 0 aromatic heterocycles. The monoisotopic (exact) mass is 466 g/mol. The Morgan fingerprint density at radius 2 is 1.46 bits per heavy atom. The van der Waals surface area contributed by atoms with E-state index in [1.807, 2.05) is 0 Å². The largest absolute Gasteiger partial charge is 0.498 e. The maximum atomic E-state index is 13.8. The standard InChI is InChI=1S/C13H17F7O6S2/c1-8(2)10(21)26-5-4-11(14,15)7-12(16,17)6-9(27(3,22)23)28(24,25)13(18,19)20/h9H,1,4-7H2,2-3H3. The van der Waals surface area contributed by atoms with Gasteiger partial charge in [0.25, 0.3) is 21.7 Å². The van der Waals surface area contributed by atoms with E-state index in [1.54, 1.807) is 0 Å². The minimum absolute atomic E-state index is 0.0355. The van der Waals surface area contributed by atoms with Gasteiger partial charge in [-0.15, -0.1) is 0 Å². The fourth-order valence-corrected chi connectivity index (χ4v) is 5.32. The molecule has 1 atom stereocenters. The van der Waals surface area contributed by atoms with E-state index in [1.165, 1.54) is 6.92 Å². The topological polar surface area (TPSA) is 94.6 Å². The van der Waals surface area contributed by atoms with Gasteiger partial charge in [0.1, 0.15) is 0 Å². The highest BCUT2D eigenvalue weighted by Crippen LogP contribution is 2.40. The van der Waals surface area contributed by atoms with E-state index in [-0.39, 0.29) is 11.8 Å². The smallest absolute Gasteiger partial charge is 0.462 e. The van der Waals surface area contributed by atoms with Crippen LogP contribution >= 0.6 is 0 Å². The van der Waals surface area contributed by atoms with Crippen molar-refractivity contribution in [3.63, 3.8) is 0 Å². The molecule has 28 heavy (non-hydrogen) atoms. The van der Waals surface area contributed by atoms with Gasteiger partial charge in [-0.05, 0) is 6.92 Å². The number of hydrogen-bond acceptors (Lipinski definition) is 6. The quantitative estimate of drug-likeness (QED) is 0.279. The van der Waals surface area contributed by atoms with Crippen LogP contribution in [0.25, 0.3) is 0 Å². The van der Waals surface area contributed by atoms with Crippen LogP contribution in [-0.4, -0.2) is 57.6 Å². The molecule has 0 N–H and O–H groups in total. The summed E-state index contributed by atoms with van der Waals surface area (Å²) < 4.78 is 138. The van der Waals surface area contributed by atoms with Crippen LogP contribution in [0, 0.1) is 0 Å². The van der Waals surface area contributed by atoms with Crippen molar-refractivity contribution < 1.29 is 57.1 Å². The molecule has 0 aliphatic heterocycles. The van der Waals surface area contributed by atoms with E-state index >= 15 is 0 Å². The third-order valence-electron chi connectivity index (χ3n) is 3.18. The van der Waals surface area contributed by atoms with Crippen molar-refractivity contribution in [1.29, 1.82) is 0 Å². The van der Waals surface area contributed by atoms with E-state index in [4.69, 9.17) is 0 Å². The van der Waals surface area contributed by atoms with Gasteiger partial charge in [0, 0.05) is 24.7 Å². The van der Waals surface area contributed by atoms with E-state index in [0.717, 1.165) is 0 Å². The molecule has 0 saturated carbocycles. The molecule has 0 aliphatic carbocycles. The average molecular weight is 466 g/mol. The summed E-state index contributed by atoms with van der Waals surface area (Å²) in [6.45, 7) is 3.29. The van der Waals surface area contributed by atoms with Gasteiger partial charge < -0.3 is 4.74 Å². The van der Waals surface area contributed by atoms with Crippen LogP contribution in [0.2, 0.25) is 0 Å². The number of esters is 1. The number of rotatable bonds is 10. The normalized spacial score (nSPS) is 15.2. The van der Waals surface area contributed by atoms with Crippen molar-refractivity contribution >= 4 is 25.6 Å². The van der Waals surface area contributed by atoms with Crippen molar-refractivity contribution in [2.24, 2.45) is 0 Å². The maximum Gasteiger partial charge on any atom is 0.498 e. The summed E-state index contributed by atoms with van der Waals surface area (Å²) in [6, 6.07) is 0. The predicted molar refractivity (Wildman–Crippen MR) is 83.1 cm³/mol. The molecule has 6 nitrogen and oxygen atoms in total. The summed E-state index contributed by atoms with van der Waals surface area (Å²) in [4.78, 5) is 11.0. The third-order valence-corrected chi connectivity index (χ3v) is 7.61. The van der Waals surface area contributed by atoms with Crippen LogP contribution in [0.1, 0.15) is 26.2 Å². The number of halogens is 7. The molecule has 0 saturated heterocycles. The van der Waals surface area contributed by atoms with Gasteiger partial charge in [-0.3, -0.25) is 0 Å². The first-order valence-corrected chi connectivity index (χ1v) is 10.7. The minimum Gasteiger partial charge on any atom is -0.462 e. The van der Waals surface area contributed by atoms with Gasteiger partial charge in [0.15, 0.2) is 14.4 Å². The van der Waals surface area contributed by atoms with Gasteiger partial charge in [-0.2, -0.15) is 13.2 Å². The molecule has 0 bridgehead atoms. The number of sulfone groups is 2. The lowest BCUT2D eigenvalue weighted by atomic mass is 10.1. The van der Waals surface area contributed by atoms with Crippen LogP contribution < -0.4 is 0 Å². The Morgan fingerprint density at radius 3 is 1.82 bits per heavy atom. The average Bonchev–Trinajstić information content (AvgIpc) is 2.40. The molecule has 0 aliphatic rings. The number of carbonyl (C=O) groups excluding carboxylic acids is 1. The molecule has 0 fully saturated rings. The predicted octanol–water partition coefficient (Wildman–Crippen LogP) is 2.85. The minimum atomic E-state index is -6.61. The van der Waals surface area contributed by atoms with Crippen molar-refractivity contribution in [1.82, 2.24) is 0 Å². The summed E-state index contributed by atoms with van der Waals surface area (Å²) in [5.41, 5.74) is -6.35. The van der Waals surface area contributed by atoms with Crippen molar-refractivity contribution in [3.05, 3.63) is 12.2 Å². The molecular formula is C13H17F7O6S2. The van der Waals surface area contributed by atoms with Gasteiger partial charge in [0.05, 0.1) is 13.0 Å². The Kier molecular flexibility index (Phi) is 8.13. The molecule has 0 aromatic carbocycles. The summed E-state index contributed by atoms with van der Waals surface area (Å²) >= 11 is 0. The Bertz CT molecular complexity index is 800. The van der Waals surface area contributed by atoms with Crippen molar-refractivity contribution in [2.45, 2.75) is 48.1 Å². The third kappa shape index (κ3) is 7.93. The molecule has 0 rings (SSSR count). The Balaban J connectivity index is 5.41. The molecule has 0 spiro atoms. The van der Waals surface area contributed by atoms with Gasteiger partial charge in [0.2, 0.25) is 0 Å². The van der Waals surface area contributed by atoms with E-state index in [2.05, 4.69) is 11.3 Å². The molecule has 0 heterocycles. The lowest BCUT2D eigenvalue weighted by Crippen LogP contribution is -2.44. The van der Waals surface area contributed by atoms with Crippen LogP contribution in [0.4, 0.5) is 30.7 Å². The van der Waals surface area contributed by atoms with E-state index in [9.17, 15) is 52.4 Å². The van der Waals surface area contributed by atoms with E-state index < -0.39 is 73.4 Å². The van der Waals surface area contributed by atoms with Crippen LogP contribution in [-0.2, 0) is 29.2 Å². The fraction of sp³-hybridized carbons (Fsp3) is 0.769. The number of carbonyl (C=O) groups is 1. The highest BCUT2D eigenvalue weighted by molar-refractivity contribution is 8.09. The maximum absolute atomic E-state index is 13.8. The highest BCUT2D eigenvalue weighted by Gasteiger charge is 2.58. The second-order valence-corrected chi connectivity index (χ2v) is 10.7. The number of hydrogen-bond donors (Lipinski definition) is 0.